The van der Waals surface area contributed by atoms with Crippen LogP contribution in [0.15, 0.2) is 110 Å². The number of para-hydroxylation sites is 4. The van der Waals surface area contributed by atoms with E-state index in [0.29, 0.717) is 18.6 Å². The van der Waals surface area contributed by atoms with E-state index in [2.05, 4.69) is 37.8 Å². The zero-order valence-corrected chi connectivity index (χ0v) is 24.8. The normalized spacial score (nSPS) is 20.0. The summed E-state index contributed by atoms with van der Waals surface area (Å²) in [4.78, 5) is 26.1. The molecule has 1 aliphatic heterocycles. The van der Waals surface area contributed by atoms with Gasteiger partial charge < -0.3 is 24.5 Å². The van der Waals surface area contributed by atoms with Gasteiger partial charge in [0.05, 0.1) is 60.0 Å². The number of carbonyl (C=O) groups excluding carboxylic acids is 1. The zero-order valence-electron chi connectivity index (χ0n) is 24.8. The van der Waals surface area contributed by atoms with Crippen LogP contribution in [0.25, 0.3) is 22.1 Å². The van der Waals surface area contributed by atoms with E-state index < -0.39 is 6.29 Å². The number of benzene rings is 4. The SMILES string of the molecule is CC1C(Cn2cnc3ccccc32)OC(c2ccc(CNC(=O)c3cnc4ccccc4n3)cc2)OC1c1ccc(CO)cc1. The van der Waals surface area contributed by atoms with Crippen molar-refractivity contribution < 1.29 is 19.4 Å². The zero-order chi connectivity index (χ0) is 30.8. The largest absolute Gasteiger partial charge is 0.392 e. The highest BCUT2D eigenvalue weighted by molar-refractivity contribution is 5.93. The van der Waals surface area contributed by atoms with E-state index in [1.165, 1.54) is 6.20 Å². The van der Waals surface area contributed by atoms with E-state index in [4.69, 9.17) is 9.47 Å². The van der Waals surface area contributed by atoms with Crippen molar-refractivity contribution in [1.29, 1.82) is 0 Å². The molecule has 1 saturated heterocycles. The van der Waals surface area contributed by atoms with E-state index >= 15 is 0 Å². The first kappa shape index (κ1) is 28.8. The summed E-state index contributed by atoms with van der Waals surface area (Å²) < 4.78 is 15.4. The summed E-state index contributed by atoms with van der Waals surface area (Å²) >= 11 is 0. The monoisotopic (exact) mass is 599 g/mol. The highest BCUT2D eigenvalue weighted by Gasteiger charge is 2.38. The molecule has 45 heavy (non-hydrogen) atoms. The van der Waals surface area contributed by atoms with E-state index in [-0.39, 0.29) is 36.3 Å². The van der Waals surface area contributed by atoms with Crippen molar-refractivity contribution in [2.75, 3.05) is 0 Å². The number of aromatic nitrogens is 4. The molecule has 226 valence electrons. The van der Waals surface area contributed by atoms with Crippen molar-refractivity contribution in [2.24, 2.45) is 5.92 Å². The minimum Gasteiger partial charge on any atom is -0.392 e. The number of ether oxygens (including phenoxy) is 2. The Bertz CT molecular complexity index is 1940. The van der Waals surface area contributed by atoms with E-state index in [1.807, 2.05) is 97.3 Å². The van der Waals surface area contributed by atoms with Crippen LogP contribution in [-0.2, 0) is 29.2 Å². The van der Waals surface area contributed by atoms with Gasteiger partial charge in [-0.2, -0.15) is 0 Å². The van der Waals surface area contributed by atoms with Crippen LogP contribution in [0.3, 0.4) is 0 Å². The molecular formula is C36H33N5O4. The van der Waals surface area contributed by atoms with Gasteiger partial charge in [0.25, 0.3) is 5.91 Å². The number of aliphatic hydroxyl groups is 1. The number of rotatable bonds is 8. The van der Waals surface area contributed by atoms with Crippen molar-refractivity contribution >= 4 is 28.0 Å². The predicted octanol–water partition coefficient (Wildman–Crippen LogP) is 5.89. The fourth-order valence-corrected chi connectivity index (χ4v) is 5.81. The Kier molecular flexibility index (Phi) is 8.04. The lowest BCUT2D eigenvalue weighted by Crippen LogP contribution is -2.39. The first-order valence-electron chi connectivity index (χ1n) is 15.0. The number of fused-ring (bicyclic) bond motifs is 2. The van der Waals surface area contributed by atoms with Gasteiger partial charge in [-0.3, -0.25) is 9.78 Å². The van der Waals surface area contributed by atoms with Crippen molar-refractivity contribution in [1.82, 2.24) is 24.8 Å². The minimum absolute atomic E-state index is 0.00805. The Morgan fingerprint density at radius 3 is 2.29 bits per heavy atom. The number of nitrogens with zero attached hydrogens (tertiary/aromatic N) is 4. The maximum Gasteiger partial charge on any atom is 0.271 e. The second-order valence-corrected chi connectivity index (χ2v) is 11.4. The van der Waals surface area contributed by atoms with E-state index in [0.717, 1.165) is 38.8 Å². The molecular weight excluding hydrogens is 566 g/mol. The highest BCUT2D eigenvalue weighted by Crippen LogP contribution is 2.42. The molecule has 0 saturated carbocycles. The maximum absolute atomic E-state index is 12.8. The van der Waals surface area contributed by atoms with Crippen LogP contribution in [0.2, 0.25) is 0 Å². The predicted molar refractivity (Wildman–Crippen MR) is 170 cm³/mol. The van der Waals surface area contributed by atoms with Crippen molar-refractivity contribution in [2.45, 2.75) is 45.1 Å². The molecule has 2 aromatic heterocycles. The third-order valence-electron chi connectivity index (χ3n) is 8.41. The second kappa shape index (κ2) is 12.6. The molecule has 6 aromatic rings. The summed E-state index contributed by atoms with van der Waals surface area (Å²) in [5.41, 5.74) is 7.41. The van der Waals surface area contributed by atoms with Gasteiger partial charge in [-0.25, -0.2) is 9.97 Å². The van der Waals surface area contributed by atoms with E-state index in [1.54, 1.807) is 0 Å². The Morgan fingerprint density at radius 2 is 1.51 bits per heavy atom. The molecule has 0 spiro atoms. The molecule has 4 unspecified atom stereocenters. The Balaban J connectivity index is 1.09. The van der Waals surface area contributed by atoms with Gasteiger partial charge in [-0.05, 0) is 41.0 Å². The second-order valence-electron chi connectivity index (χ2n) is 11.4. The summed E-state index contributed by atoms with van der Waals surface area (Å²) in [5.74, 6) is -0.245. The molecule has 1 amide bonds. The average molecular weight is 600 g/mol. The van der Waals surface area contributed by atoms with Crippen molar-refractivity contribution in [3.63, 3.8) is 0 Å². The van der Waals surface area contributed by atoms with Crippen LogP contribution in [0.4, 0.5) is 0 Å². The number of nitrogens with one attached hydrogen (secondary N) is 1. The molecule has 4 atom stereocenters. The van der Waals surface area contributed by atoms with Gasteiger partial charge in [0.2, 0.25) is 0 Å². The van der Waals surface area contributed by atoms with Gasteiger partial charge in [-0.15, -0.1) is 0 Å². The van der Waals surface area contributed by atoms with Crippen molar-refractivity contribution in [3.05, 3.63) is 138 Å². The number of hydrogen-bond donors (Lipinski definition) is 2. The molecule has 1 fully saturated rings. The number of aliphatic hydroxyl groups excluding tert-OH is 1. The fraction of sp³-hybridized carbons (Fsp3) is 0.222. The molecule has 7 rings (SSSR count). The molecule has 0 bridgehead atoms. The van der Waals surface area contributed by atoms with Crippen LogP contribution in [0.1, 0.15) is 52.1 Å². The average Bonchev–Trinajstić information content (AvgIpc) is 3.50. The maximum atomic E-state index is 12.8. The first-order valence-corrected chi connectivity index (χ1v) is 15.0. The van der Waals surface area contributed by atoms with E-state index in [9.17, 15) is 9.90 Å². The topological polar surface area (TPSA) is 111 Å². The highest BCUT2D eigenvalue weighted by atomic mass is 16.7. The molecule has 9 nitrogen and oxygen atoms in total. The van der Waals surface area contributed by atoms with Gasteiger partial charge in [-0.1, -0.05) is 79.7 Å². The Hall–Kier alpha value is -4.96. The summed E-state index contributed by atoms with van der Waals surface area (Å²) in [5, 5.41) is 12.5. The standard InChI is InChI=1S/C36H33N5O4/c1-23-33(20-41-22-39-30-8-4-5-9-32(30)41)44-36(45-34(23)26-14-12-25(21-42)13-15-26)27-16-10-24(11-17-27)18-38-35(43)31-19-37-28-6-2-3-7-29(28)40-31/h2-17,19,22-23,33-34,36,42H,18,20-21H2,1H3,(H,38,43). The molecule has 4 aromatic carbocycles. The third kappa shape index (κ3) is 6.06. The summed E-state index contributed by atoms with van der Waals surface area (Å²) in [6.45, 7) is 3.10. The van der Waals surface area contributed by atoms with Gasteiger partial charge in [0.1, 0.15) is 5.69 Å². The van der Waals surface area contributed by atoms with Gasteiger partial charge in [0, 0.05) is 18.0 Å². The lowest BCUT2D eigenvalue weighted by atomic mass is 9.90. The number of carbonyl (C=O) groups is 1. The van der Waals surface area contributed by atoms with Gasteiger partial charge in [0.15, 0.2) is 6.29 Å². The molecule has 0 aliphatic carbocycles. The van der Waals surface area contributed by atoms with Crippen LogP contribution in [0, 0.1) is 5.92 Å². The lowest BCUT2D eigenvalue weighted by molar-refractivity contribution is -0.276. The smallest absolute Gasteiger partial charge is 0.271 e. The molecule has 9 heteroatoms. The minimum atomic E-state index is -0.597. The van der Waals surface area contributed by atoms with Crippen molar-refractivity contribution in [3.8, 4) is 0 Å². The number of imidazole rings is 1. The van der Waals surface area contributed by atoms with Crippen LogP contribution in [0.5, 0.6) is 0 Å². The number of amides is 1. The first-order chi connectivity index (χ1) is 22.1. The molecule has 2 N–H and O–H groups in total. The lowest BCUT2D eigenvalue weighted by Gasteiger charge is -2.41. The summed E-state index contributed by atoms with van der Waals surface area (Å²) in [6, 6.07) is 31.3. The molecule has 0 radical (unpaired) electrons. The molecule has 1 aliphatic rings. The summed E-state index contributed by atoms with van der Waals surface area (Å²) in [6.07, 6.45) is 2.38. The van der Waals surface area contributed by atoms with Crippen LogP contribution in [-0.4, -0.2) is 36.6 Å². The Morgan fingerprint density at radius 1 is 0.822 bits per heavy atom. The number of hydrogen-bond acceptors (Lipinski definition) is 7. The Labute approximate surface area is 260 Å². The fourth-order valence-electron chi connectivity index (χ4n) is 5.81. The molecule has 3 heterocycles. The van der Waals surface area contributed by atoms with Gasteiger partial charge >= 0.3 is 0 Å². The van der Waals surface area contributed by atoms with Crippen LogP contribution >= 0.6 is 0 Å². The summed E-state index contributed by atoms with van der Waals surface area (Å²) in [7, 11) is 0. The quantitative estimate of drug-likeness (QED) is 0.224. The van der Waals surface area contributed by atoms with Crippen LogP contribution < -0.4 is 5.32 Å². The third-order valence-corrected chi connectivity index (χ3v) is 8.41.